The van der Waals surface area contributed by atoms with Crippen LogP contribution in [0.2, 0.25) is 0 Å². The molecule has 0 saturated carbocycles. The normalized spacial score (nSPS) is 10.4. The van der Waals surface area contributed by atoms with Crippen molar-refractivity contribution in [3.05, 3.63) is 29.8 Å². The minimum Gasteiger partial charge on any atom is -0.368 e. The molecule has 0 spiro atoms. The zero-order valence-corrected chi connectivity index (χ0v) is 9.44. The molecule has 1 aromatic carbocycles. The zero-order valence-electron chi connectivity index (χ0n) is 9.44. The van der Waals surface area contributed by atoms with Crippen LogP contribution in [0.5, 0.6) is 0 Å². The van der Waals surface area contributed by atoms with Crippen LogP contribution in [0.3, 0.4) is 0 Å². The van der Waals surface area contributed by atoms with Gasteiger partial charge in [-0.1, -0.05) is 18.2 Å². The first-order valence-corrected chi connectivity index (χ1v) is 5.24. The van der Waals surface area contributed by atoms with Crippen LogP contribution < -0.4 is 11.1 Å². The highest BCUT2D eigenvalue weighted by atomic mass is 15.4. The molecule has 3 N–H and O–H groups in total. The molecular formula is C11H15N5. The number of benzene rings is 1. The van der Waals surface area contributed by atoms with Crippen LogP contribution in [0, 0.1) is 6.92 Å². The molecule has 84 valence electrons. The summed E-state index contributed by atoms with van der Waals surface area (Å²) in [7, 11) is 0. The van der Waals surface area contributed by atoms with E-state index in [4.69, 9.17) is 5.73 Å². The van der Waals surface area contributed by atoms with E-state index in [-0.39, 0.29) is 0 Å². The summed E-state index contributed by atoms with van der Waals surface area (Å²) >= 11 is 0. The van der Waals surface area contributed by atoms with Gasteiger partial charge in [-0.05, 0) is 25.5 Å². The summed E-state index contributed by atoms with van der Waals surface area (Å²) in [5.74, 6) is 0.952. The first-order valence-electron chi connectivity index (χ1n) is 5.24. The molecule has 0 bridgehead atoms. The molecular weight excluding hydrogens is 202 g/mol. The molecule has 0 aliphatic heterocycles. The van der Waals surface area contributed by atoms with Gasteiger partial charge in [0.05, 0.1) is 5.69 Å². The van der Waals surface area contributed by atoms with Crippen molar-refractivity contribution < 1.29 is 0 Å². The number of aryl methyl sites for hydroxylation is 1. The average Bonchev–Trinajstić information content (AvgIpc) is 2.61. The Morgan fingerprint density at radius 3 is 2.81 bits per heavy atom. The smallest absolute Gasteiger partial charge is 0.244 e. The number of para-hydroxylation sites is 1. The van der Waals surface area contributed by atoms with Crippen LogP contribution in [-0.4, -0.2) is 21.3 Å². The lowest BCUT2D eigenvalue weighted by molar-refractivity contribution is 0.882. The Hall–Kier alpha value is -2.04. The zero-order chi connectivity index (χ0) is 11.5. The molecule has 0 atom stereocenters. The van der Waals surface area contributed by atoms with E-state index in [1.54, 1.807) is 4.68 Å². The van der Waals surface area contributed by atoms with Crippen molar-refractivity contribution in [2.24, 2.45) is 0 Å². The van der Waals surface area contributed by atoms with E-state index in [1.165, 1.54) is 0 Å². The molecule has 0 amide bonds. The Kier molecular flexibility index (Phi) is 2.76. The molecule has 16 heavy (non-hydrogen) atoms. The van der Waals surface area contributed by atoms with Gasteiger partial charge >= 0.3 is 0 Å². The van der Waals surface area contributed by atoms with Gasteiger partial charge in [0.2, 0.25) is 11.9 Å². The lowest BCUT2D eigenvalue weighted by Gasteiger charge is -2.05. The fourth-order valence-electron chi connectivity index (χ4n) is 1.54. The number of nitrogens with zero attached hydrogens (tertiary/aromatic N) is 3. The van der Waals surface area contributed by atoms with E-state index in [0.29, 0.717) is 11.9 Å². The maximum absolute atomic E-state index is 5.82. The van der Waals surface area contributed by atoms with Crippen LogP contribution in [0.4, 0.5) is 11.9 Å². The standard InChI is InChI=1S/C11H15N5/c1-3-13-11-14-10(12)16(15-11)9-7-5-4-6-8(9)2/h4-7H,3H2,1-2H3,(H3,12,13,14,15). The minimum atomic E-state index is 0.394. The number of hydrogen-bond donors (Lipinski definition) is 2. The van der Waals surface area contributed by atoms with Crippen molar-refractivity contribution in [2.45, 2.75) is 13.8 Å². The van der Waals surface area contributed by atoms with Crippen LogP contribution in [0.1, 0.15) is 12.5 Å². The van der Waals surface area contributed by atoms with Gasteiger partial charge in [-0.2, -0.15) is 9.67 Å². The molecule has 0 aliphatic rings. The Morgan fingerprint density at radius 1 is 1.38 bits per heavy atom. The summed E-state index contributed by atoms with van der Waals surface area (Å²) in [5, 5.41) is 7.33. The van der Waals surface area contributed by atoms with E-state index in [2.05, 4.69) is 15.4 Å². The second-order valence-electron chi connectivity index (χ2n) is 3.52. The van der Waals surface area contributed by atoms with Crippen LogP contribution >= 0.6 is 0 Å². The summed E-state index contributed by atoms with van der Waals surface area (Å²) < 4.78 is 1.65. The Morgan fingerprint density at radius 2 is 2.12 bits per heavy atom. The molecule has 2 rings (SSSR count). The van der Waals surface area contributed by atoms with Gasteiger partial charge in [0.25, 0.3) is 0 Å². The van der Waals surface area contributed by atoms with E-state index in [9.17, 15) is 0 Å². The quantitative estimate of drug-likeness (QED) is 0.819. The lowest BCUT2D eigenvalue weighted by atomic mass is 10.2. The van der Waals surface area contributed by atoms with Gasteiger partial charge in [0.1, 0.15) is 0 Å². The second kappa shape index (κ2) is 4.22. The average molecular weight is 217 g/mol. The monoisotopic (exact) mass is 217 g/mol. The number of hydrogen-bond acceptors (Lipinski definition) is 4. The van der Waals surface area contributed by atoms with E-state index < -0.39 is 0 Å². The van der Waals surface area contributed by atoms with Gasteiger partial charge in [-0.3, -0.25) is 0 Å². The lowest BCUT2D eigenvalue weighted by Crippen LogP contribution is -2.04. The highest BCUT2D eigenvalue weighted by Crippen LogP contribution is 2.16. The molecule has 0 radical (unpaired) electrons. The third-order valence-electron chi connectivity index (χ3n) is 2.31. The fraction of sp³-hybridized carbons (Fsp3) is 0.273. The number of nitrogens with one attached hydrogen (secondary N) is 1. The van der Waals surface area contributed by atoms with Crippen LogP contribution in [0.15, 0.2) is 24.3 Å². The largest absolute Gasteiger partial charge is 0.368 e. The number of anilines is 2. The molecule has 0 saturated heterocycles. The summed E-state index contributed by atoms with van der Waals surface area (Å²) in [6, 6.07) is 7.92. The van der Waals surface area contributed by atoms with Crippen molar-refractivity contribution in [3.8, 4) is 5.69 Å². The maximum Gasteiger partial charge on any atom is 0.244 e. The van der Waals surface area contributed by atoms with Crippen molar-refractivity contribution >= 4 is 11.9 Å². The summed E-state index contributed by atoms with van der Waals surface area (Å²) in [6.07, 6.45) is 0. The highest BCUT2D eigenvalue weighted by Gasteiger charge is 2.09. The van der Waals surface area contributed by atoms with Crippen molar-refractivity contribution in [3.63, 3.8) is 0 Å². The third-order valence-corrected chi connectivity index (χ3v) is 2.31. The van der Waals surface area contributed by atoms with Crippen LogP contribution in [-0.2, 0) is 0 Å². The van der Waals surface area contributed by atoms with Crippen molar-refractivity contribution in [1.29, 1.82) is 0 Å². The highest BCUT2D eigenvalue weighted by molar-refractivity contribution is 5.46. The third kappa shape index (κ3) is 1.84. The Bertz CT molecular complexity index is 489. The molecule has 1 heterocycles. The number of aromatic nitrogens is 3. The van der Waals surface area contributed by atoms with Crippen molar-refractivity contribution in [2.75, 3.05) is 17.6 Å². The van der Waals surface area contributed by atoms with E-state index >= 15 is 0 Å². The minimum absolute atomic E-state index is 0.394. The van der Waals surface area contributed by atoms with Crippen LogP contribution in [0.25, 0.3) is 5.69 Å². The van der Waals surface area contributed by atoms with Gasteiger partial charge in [-0.25, -0.2) is 0 Å². The molecule has 5 heteroatoms. The summed E-state index contributed by atoms with van der Waals surface area (Å²) in [4.78, 5) is 4.14. The topological polar surface area (TPSA) is 68.8 Å². The SMILES string of the molecule is CCNc1nc(N)n(-c2ccccc2C)n1. The molecule has 2 aromatic rings. The maximum atomic E-state index is 5.82. The van der Waals surface area contributed by atoms with E-state index in [1.807, 2.05) is 38.1 Å². The molecule has 0 fully saturated rings. The van der Waals surface area contributed by atoms with Gasteiger partial charge < -0.3 is 11.1 Å². The van der Waals surface area contributed by atoms with E-state index in [0.717, 1.165) is 17.8 Å². The molecule has 5 nitrogen and oxygen atoms in total. The van der Waals surface area contributed by atoms with Crippen molar-refractivity contribution in [1.82, 2.24) is 14.8 Å². The Labute approximate surface area is 94.3 Å². The fourth-order valence-corrected chi connectivity index (χ4v) is 1.54. The Balaban J connectivity index is 2.44. The molecule has 1 aromatic heterocycles. The first kappa shape index (κ1) is 10.5. The summed E-state index contributed by atoms with van der Waals surface area (Å²) in [5.41, 5.74) is 7.89. The van der Waals surface area contributed by atoms with Gasteiger partial charge in [0.15, 0.2) is 0 Å². The predicted molar refractivity (Wildman–Crippen MR) is 64.7 cm³/mol. The number of rotatable bonds is 3. The van der Waals surface area contributed by atoms with Gasteiger partial charge in [-0.15, -0.1) is 5.10 Å². The number of nitrogen functional groups attached to an aromatic ring is 1. The predicted octanol–water partition coefficient (Wildman–Crippen LogP) is 1.59. The summed E-state index contributed by atoms with van der Waals surface area (Å²) in [6.45, 7) is 4.78. The molecule has 0 unspecified atom stereocenters. The first-order chi connectivity index (χ1) is 7.72. The van der Waals surface area contributed by atoms with Gasteiger partial charge in [0, 0.05) is 6.54 Å². The second-order valence-corrected chi connectivity index (χ2v) is 3.52. The number of nitrogens with two attached hydrogens (primary N) is 1. The molecule has 0 aliphatic carbocycles.